The fourth-order valence-corrected chi connectivity index (χ4v) is 4.52. The maximum Gasteiger partial charge on any atom is 0.251 e. The molecule has 1 aliphatic rings. The molecule has 2 aromatic heterocycles. The number of aromatic nitrogens is 1. The number of hydrogen-bond acceptors (Lipinski definition) is 5. The molecule has 0 spiro atoms. The number of nitrogens with zero attached hydrogens (tertiary/aromatic N) is 3. The molecular weight excluding hydrogens is 416 g/mol. The van der Waals surface area contributed by atoms with Crippen LogP contribution in [0.5, 0.6) is 0 Å². The molecule has 5 nitrogen and oxygen atoms in total. The molecule has 1 saturated heterocycles. The van der Waals surface area contributed by atoms with E-state index >= 15 is 0 Å². The monoisotopic (exact) mass is 440 g/mol. The van der Waals surface area contributed by atoms with Gasteiger partial charge in [-0.1, -0.05) is 23.7 Å². The van der Waals surface area contributed by atoms with E-state index < -0.39 is 0 Å². The minimum absolute atomic E-state index is 0.0408. The summed E-state index contributed by atoms with van der Waals surface area (Å²) in [5, 5.41) is 5.83. The van der Waals surface area contributed by atoms with Crippen molar-refractivity contribution in [1.29, 1.82) is 0 Å². The van der Waals surface area contributed by atoms with Crippen LogP contribution in [0.4, 0.5) is 5.69 Å². The Hall–Kier alpha value is -2.41. The standard InChI is InChI=1S/C23H25ClN4OS/c24-19-4-1-5-20(17-19)28-13-11-27(12-14-28)10-3-8-26-23(29)18-7-9-25-21(16-18)22-6-2-15-30-22/h1-2,4-7,9,15-17H,3,8,10-14H2,(H,26,29). The number of carbonyl (C=O) groups is 1. The van der Waals surface area contributed by atoms with Gasteiger partial charge in [-0.05, 0) is 54.7 Å². The second kappa shape index (κ2) is 10.1. The molecule has 0 unspecified atom stereocenters. The SMILES string of the molecule is O=C(NCCCN1CCN(c2cccc(Cl)c2)CC1)c1ccnc(-c2cccs2)c1. The van der Waals surface area contributed by atoms with E-state index in [2.05, 4.69) is 26.2 Å². The molecule has 1 amide bonds. The molecule has 0 aliphatic carbocycles. The first-order chi connectivity index (χ1) is 14.7. The summed E-state index contributed by atoms with van der Waals surface area (Å²) >= 11 is 7.73. The smallest absolute Gasteiger partial charge is 0.251 e. The number of amides is 1. The summed E-state index contributed by atoms with van der Waals surface area (Å²) in [5.41, 5.74) is 2.69. The first-order valence-corrected chi connectivity index (χ1v) is 11.5. The van der Waals surface area contributed by atoms with Crippen molar-refractivity contribution in [2.24, 2.45) is 0 Å². The van der Waals surface area contributed by atoms with E-state index in [0.29, 0.717) is 12.1 Å². The number of piperazine rings is 1. The van der Waals surface area contributed by atoms with Crippen molar-refractivity contribution in [2.45, 2.75) is 6.42 Å². The van der Waals surface area contributed by atoms with Crippen LogP contribution in [0, 0.1) is 0 Å². The van der Waals surface area contributed by atoms with E-state index in [9.17, 15) is 4.79 Å². The number of halogens is 1. The minimum atomic E-state index is -0.0408. The maximum atomic E-state index is 12.5. The number of nitrogens with one attached hydrogen (secondary N) is 1. The Morgan fingerprint density at radius 1 is 1.10 bits per heavy atom. The predicted molar refractivity (Wildman–Crippen MR) is 125 cm³/mol. The number of thiophene rings is 1. The summed E-state index contributed by atoms with van der Waals surface area (Å²) in [4.78, 5) is 22.7. The van der Waals surface area contributed by atoms with Gasteiger partial charge in [0.25, 0.3) is 5.91 Å². The molecule has 0 saturated carbocycles. The van der Waals surface area contributed by atoms with Crippen LogP contribution in [0.25, 0.3) is 10.6 Å². The third-order valence-corrected chi connectivity index (χ3v) is 6.41. The van der Waals surface area contributed by atoms with Crippen molar-refractivity contribution >= 4 is 34.5 Å². The highest BCUT2D eigenvalue weighted by atomic mass is 35.5. The quantitative estimate of drug-likeness (QED) is 0.553. The second-order valence-corrected chi connectivity index (χ2v) is 8.71. The van der Waals surface area contributed by atoms with Gasteiger partial charge < -0.3 is 10.2 Å². The van der Waals surface area contributed by atoms with Crippen molar-refractivity contribution < 1.29 is 4.79 Å². The minimum Gasteiger partial charge on any atom is -0.369 e. The van der Waals surface area contributed by atoms with Crippen LogP contribution in [0.2, 0.25) is 5.02 Å². The Morgan fingerprint density at radius 2 is 1.97 bits per heavy atom. The van der Waals surface area contributed by atoms with Crippen molar-refractivity contribution in [3.05, 3.63) is 70.7 Å². The summed E-state index contributed by atoms with van der Waals surface area (Å²) in [6.45, 7) is 5.69. The first-order valence-electron chi connectivity index (χ1n) is 10.2. The molecule has 1 aliphatic heterocycles. The lowest BCUT2D eigenvalue weighted by Crippen LogP contribution is -2.47. The third kappa shape index (κ3) is 5.39. The molecule has 0 atom stereocenters. The molecule has 30 heavy (non-hydrogen) atoms. The zero-order valence-electron chi connectivity index (χ0n) is 16.8. The molecule has 1 aromatic carbocycles. The molecule has 1 fully saturated rings. The molecule has 156 valence electrons. The van der Waals surface area contributed by atoms with Crippen LogP contribution in [0.1, 0.15) is 16.8 Å². The predicted octanol–water partition coefficient (Wildman–Crippen LogP) is 4.41. The maximum absolute atomic E-state index is 12.5. The van der Waals surface area contributed by atoms with Gasteiger partial charge in [0.15, 0.2) is 0 Å². The van der Waals surface area contributed by atoms with Crippen LogP contribution in [0.15, 0.2) is 60.1 Å². The number of carbonyl (C=O) groups excluding carboxylic acids is 1. The van der Waals surface area contributed by atoms with Gasteiger partial charge in [-0.15, -0.1) is 11.3 Å². The molecule has 3 heterocycles. The number of anilines is 1. The Balaban J connectivity index is 1.19. The van der Waals surface area contributed by atoms with Gasteiger partial charge in [0.1, 0.15) is 0 Å². The second-order valence-electron chi connectivity index (χ2n) is 7.33. The van der Waals surface area contributed by atoms with E-state index in [0.717, 1.165) is 54.7 Å². The molecule has 0 radical (unpaired) electrons. The van der Waals surface area contributed by atoms with Crippen LogP contribution in [0.3, 0.4) is 0 Å². The summed E-state index contributed by atoms with van der Waals surface area (Å²) in [5.74, 6) is -0.0408. The van der Waals surface area contributed by atoms with Crippen molar-refractivity contribution in [3.63, 3.8) is 0 Å². The number of pyridine rings is 1. The van der Waals surface area contributed by atoms with Gasteiger partial charge in [-0.2, -0.15) is 0 Å². The topological polar surface area (TPSA) is 48.5 Å². The van der Waals surface area contributed by atoms with E-state index in [1.165, 1.54) is 5.69 Å². The van der Waals surface area contributed by atoms with Gasteiger partial charge in [0, 0.05) is 55.2 Å². The number of rotatable bonds is 7. The average molecular weight is 441 g/mol. The normalized spacial score (nSPS) is 14.6. The van der Waals surface area contributed by atoms with Gasteiger partial charge in [0.2, 0.25) is 0 Å². The Kier molecular flexibility index (Phi) is 7.00. The van der Waals surface area contributed by atoms with Crippen LogP contribution in [-0.4, -0.2) is 55.1 Å². The third-order valence-electron chi connectivity index (χ3n) is 5.28. The molecule has 0 bridgehead atoms. The lowest BCUT2D eigenvalue weighted by atomic mass is 10.2. The molecule has 4 rings (SSSR count). The fraction of sp³-hybridized carbons (Fsp3) is 0.304. The molecule has 3 aromatic rings. The van der Waals surface area contributed by atoms with Gasteiger partial charge in [-0.25, -0.2) is 0 Å². The van der Waals surface area contributed by atoms with E-state index in [1.807, 2.05) is 41.8 Å². The van der Waals surface area contributed by atoms with E-state index in [4.69, 9.17) is 11.6 Å². The number of hydrogen-bond donors (Lipinski definition) is 1. The van der Waals surface area contributed by atoms with E-state index in [1.54, 1.807) is 23.6 Å². The summed E-state index contributed by atoms with van der Waals surface area (Å²) in [7, 11) is 0. The Bertz CT molecular complexity index is 971. The Morgan fingerprint density at radius 3 is 2.73 bits per heavy atom. The fourth-order valence-electron chi connectivity index (χ4n) is 3.64. The van der Waals surface area contributed by atoms with E-state index in [-0.39, 0.29) is 5.91 Å². The highest BCUT2D eigenvalue weighted by Crippen LogP contribution is 2.23. The zero-order chi connectivity index (χ0) is 20.8. The summed E-state index contributed by atoms with van der Waals surface area (Å²) in [6.07, 6.45) is 2.63. The molecular formula is C23H25ClN4OS. The van der Waals surface area contributed by atoms with Crippen molar-refractivity contribution in [1.82, 2.24) is 15.2 Å². The van der Waals surface area contributed by atoms with Crippen LogP contribution >= 0.6 is 22.9 Å². The van der Waals surface area contributed by atoms with Gasteiger partial charge in [0.05, 0.1) is 10.6 Å². The van der Waals surface area contributed by atoms with Crippen LogP contribution < -0.4 is 10.2 Å². The van der Waals surface area contributed by atoms with Crippen LogP contribution in [-0.2, 0) is 0 Å². The van der Waals surface area contributed by atoms with Crippen molar-refractivity contribution in [3.8, 4) is 10.6 Å². The largest absolute Gasteiger partial charge is 0.369 e. The molecule has 1 N–H and O–H groups in total. The van der Waals surface area contributed by atoms with Crippen molar-refractivity contribution in [2.75, 3.05) is 44.2 Å². The molecule has 7 heteroatoms. The highest BCUT2D eigenvalue weighted by molar-refractivity contribution is 7.13. The zero-order valence-corrected chi connectivity index (χ0v) is 18.3. The Labute approximate surface area is 186 Å². The number of benzene rings is 1. The lowest BCUT2D eigenvalue weighted by Gasteiger charge is -2.36. The first kappa shape index (κ1) is 20.8. The summed E-state index contributed by atoms with van der Waals surface area (Å²) < 4.78 is 0. The average Bonchev–Trinajstić information content (AvgIpc) is 3.32. The van der Waals surface area contributed by atoms with Gasteiger partial charge >= 0.3 is 0 Å². The highest BCUT2D eigenvalue weighted by Gasteiger charge is 2.17. The summed E-state index contributed by atoms with van der Waals surface area (Å²) in [6, 6.07) is 15.7. The lowest BCUT2D eigenvalue weighted by molar-refractivity contribution is 0.0951. The van der Waals surface area contributed by atoms with Gasteiger partial charge in [-0.3, -0.25) is 14.7 Å².